The first kappa shape index (κ1) is 70.6. The largest absolute Gasteiger partial charge is 0.511 e. The molecular weight excluding hydrogens is 1150 g/mol. The Morgan fingerprint density at radius 2 is 1.02 bits per heavy atom. The predicted molar refractivity (Wildman–Crippen MR) is 334 cm³/mol. The molecule has 5 heterocycles. The van der Waals surface area contributed by atoms with Gasteiger partial charge in [0.05, 0.1) is 180 Å². The maximum atomic E-state index is 14.1. The highest BCUT2D eigenvalue weighted by atomic mass is 16.6. The molecular formula is C66H94N4O19. The minimum Gasteiger partial charge on any atom is -0.511 e. The number of carbonyl (C=O) groups excluding carboxylic acids is 1. The summed E-state index contributed by atoms with van der Waals surface area (Å²) in [6.07, 6.45) is 7.52. The number of methoxy groups -OCH3 is 3. The van der Waals surface area contributed by atoms with Crippen molar-refractivity contribution in [2.45, 2.75) is 66.9 Å². The van der Waals surface area contributed by atoms with Crippen molar-refractivity contribution in [3.05, 3.63) is 109 Å². The van der Waals surface area contributed by atoms with E-state index in [2.05, 4.69) is 26.1 Å². The molecule has 5 aliphatic heterocycles. The van der Waals surface area contributed by atoms with E-state index in [0.717, 1.165) is 79.6 Å². The second-order valence-electron chi connectivity index (χ2n) is 21.4. The number of aliphatic hydroxyl groups is 2. The molecule has 6 aliphatic rings. The van der Waals surface area contributed by atoms with E-state index in [-0.39, 0.29) is 83.3 Å². The van der Waals surface area contributed by atoms with Crippen LogP contribution < -0.4 is 19.5 Å². The number of ether oxygens (including phenoxy) is 16. The summed E-state index contributed by atoms with van der Waals surface area (Å²) in [5.41, 5.74) is 13.0. The number of aliphatic hydroxyl groups excluding tert-OH is 2. The van der Waals surface area contributed by atoms with Gasteiger partial charge in [-0.05, 0) is 91.8 Å². The van der Waals surface area contributed by atoms with Crippen molar-refractivity contribution < 1.29 is 90.8 Å². The van der Waals surface area contributed by atoms with Gasteiger partial charge in [-0.25, -0.2) is 15.0 Å². The highest BCUT2D eigenvalue weighted by Crippen LogP contribution is 2.47. The summed E-state index contributed by atoms with van der Waals surface area (Å²) in [6, 6.07) is 3.54. The summed E-state index contributed by atoms with van der Waals surface area (Å²) in [5, 5.41) is 26.1. The number of benzene rings is 1. The number of esters is 1. The molecule has 7 rings (SSSR count). The number of hydrogen-bond acceptors (Lipinski definition) is 23. The van der Waals surface area contributed by atoms with Crippen molar-refractivity contribution in [2.24, 2.45) is 26.8 Å². The summed E-state index contributed by atoms with van der Waals surface area (Å²) in [5.74, 6) is 0.536. The topological polar surface area (TPSA) is 254 Å². The van der Waals surface area contributed by atoms with Crippen LogP contribution in [0.5, 0.6) is 17.2 Å². The predicted octanol–water partition coefficient (Wildman–Crippen LogP) is 7.40. The molecule has 23 nitrogen and oxygen atoms in total. The third-order valence-electron chi connectivity index (χ3n) is 15.5. The van der Waals surface area contributed by atoms with Gasteiger partial charge in [0.2, 0.25) is 5.75 Å². The summed E-state index contributed by atoms with van der Waals surface area (Å²) in [7, 11) is 4.88. The third-order valence-corrected chi connectivity index (χ3v) is 15.5. The number of rotatable bonds is 46. The Hall–Kier alpha value is -5.90. The molecule has 0 radical (unpaired) electrons. The van der Waals surface area contributed by atoms with E-state index in [1.807, 2.05) is 32.1 Å². The number of nitrogens with zero attached hydrogens (tertiary/aromatic N) is 3. The monoisotopic (exact) mass is 1250 g/mol. The molecule has 23 heteroatoms. The first-order valence-electron chi connectivity index (χ1n) is 31.0. The number of nitrogens with one attached hydrogen (secondary N) is 1. The van der Waals surface area contributed by atoms with E-state index in [9.17, 15) is 15.0 Å². The zero-order valence-corrected chi connectivity index (χ0v) is 53.4. The number of carbonyl (C=O) groups is 1. The lowest BCUT2D eigenvalue weighted by atomic mass is 9.86. The van der Waals surface area contributed by atoms with Crippen LogP contribution in [-0.2, 0) is 73.0 Å². The van der Waals surface area contributed by atoms with Crippen LogP contribution in [0.25, 0.3) is 0 Å². The van der Waals surface area contributed by atoms with E-state index < -0.39 is 5.97 Å². The minimum atomic E-state index is -0.415. The average molecular weight is 1250 g/mol. The van der Waals surface area contributed by atoms with Gasteiger partial charge >= 0.3 is 5.97 Å². The Kier molecular flexibility index (Phi) is 30.7. The van der Waals surface area contributed by atoms with E-state index in [1.54, 1.807) is 33.5 Å². The van der Waals surface area contributed by atoms with Crippen LogP contribution in [0, 0.1) is 11.8 Å². The highest BCUT2D eigenvalue weighted by molar-refractivity contribution is 6.21. The molecule has 3 N–H and O–H groups in total. The molecule has 8 bridgehead atoms. The number of hydrogen-bond donors (Lipinski definition) is 3. The first-order valence-corrected chi connectivity index (χ1v) is 31.0. The van der Waals surface area contributed by atoms with Crippen LogP contribution in [0.3, 0.4) is 0 Å². The van der Waals surface area contributed by atoms with Crippen molar-refractivity contribution in [3.63, 3.8) is 0 Å². The molecule has 2 atom stereocenters. The Morgan fingerprint density at radius 3 is 1.51 bits per heavy atom. The Bertz CT molecular complexity index is 2810. The normalized spacial score (nSPS) is 17.9. The van der Waals surface area contributed by atoms with E-state index in [0.29, 0.717) is 160 Å². The van der Waals surface area contributed by atoms with E-state index in [4.69, 9.17) is 90.8 Å². The molecule has 1 saturated heterocycles. The Morgan fingerprint density at radius 1 is 0.573 bits per heavy atom. The lowest BCUT2D eigenvalue weighted by Crippen LogP contribution is -2.17. The van der Waals surface area contributed by atoms with Gasteiger partial charge in [-0.2, -0.15) is 0 Å². The Labute approximate surface area is 524 Å². The zero-order chi connectivity index (χ0) is 63.2. The highest BCUT2D eigenvalue weighted by Gasteiger charge is 2.41. The van der Waals surface area contributed by atoms with Crippen LogP contribution in [0.15, 0.2) is 119 Å². The van der Waals surface area contributed by atoms with Crippen molar-refractivity contribution in [1.82, 2.24) is 5.32 Å². The quantitative estimate of drug-likeness (QED) is 0.0424. The van der Waals surface area contributed by atoms with Gasteiger partial charge in [-0.3, -0.25) is 4.79 Å². The smallest absolute Gasteiger partial charge is 0.306 e. The average Bonchev–Trinajstić information content (AvgIpc) is 1.61. The van der Waals surface area contributed by atoms with Crippen molar-refractivity contribution >= 4 is 23.1 Å². The second kappa shape index (κ2) is 38.7. The minimum absolute atomic E-state index is 0.0754. The van der Waals surface area contributed by atoms with Crippen LogP contribution in [0.2, 0.25) is 0 Å². The molecule has 1 aromatic rings. The summed E-state index contributed by atoms with van der Waals surface area (Å²) < 4.78 is 91.1. The van der Waals surface area contributed by atoms with Crippen molar-refractivity contribution in [2.75, 3.05) is 187 Å². The molecule has 89 heavy (non-hydrogen) atoms. The van der Waals surface area contributed by atoms with Gasteiger partial charge in [0, 0.05) is 74.1 Å². The van der Waals surface area contributed by atoms with E-state index in [1.165, 1.54) is 0 Å². The maximum absolute atomic E-state index is 14.1. The maximum Gasteiger partial charge on any atom is 0.306 e. The van der Waals surface area contributed by atoms with Crippen LogP contribution >= 0.6 is 0 Å². The first-order chi connectivity index (χ1) is 43.5. The lowest BCUT2D eigenvalue weighted by molar-refractivity contribution is -0.145. The lowest BCUT2D eigenvalue weighted by Gasteiger charge is -2.19. The van der Waals surface area contributed by atoms with Crippen LogP contribution in [-0.4, -0.2) is 220 Å². The van der Waals surface area contributed by atoms with Crippen LogP contribution in [0.4, 0.5) is 0 Å². The molecule has 0 aromatic heterocycles. The van der Waals surface area contributed by atoms with E-state index >= 15 is 0 Å². The summed E-state index contributed by atoms with van der Waals surface area (Å²) in [6.45, 7) is 19.0. The van der Waals surface area contributed by atoms with Crippen molar-refractivity contribution in [3.8, 4) is 17.2 Å². The molecule has 1 aliphatic carbocycles. The van der Waals surface area contributed by atoms with Gasteiger partial charge in [-0.1, -0.05) is 13.8 Å². The third kappa shape index (κ3) is 21.1. The van der Waals surface area contributed by atoms with Crippen LogP contribution in [0.1, 0.15) is 65.9 Å². The Balaban J connectivity index is 1.06. The fourth-order valence-corrected chi connectivity index (χ4v) is 10.6. The molecule has 1 fully saturated rings. The SMILES string of the molecule is CCC1=C(C)C2=NC1=CC1=C(C)C3=C(O)CC(=C4NC(=CC5=NC(=C2)C(CO)=C5C)[C@@H](C)[C@@H]4CCC(=O)OCc2cc(OCCOCCOCCOCCOC)c(OCCOCCOCCOCCOC)c(OCCOCCOCCOCCOC)c2)C3=N1. The fraction of sp³-hybridized carbons (Fsp3) is 0.606. The van der Waals surface area contributed by atoms with Gasteiger partial charge < -0.3 is 91.3 Å². The number of aliphatic imine (C=N–C) groups is 3. The number of allylic oxidation sites excluding steroid dienone is 11. The molecule has 0 spiro atoms. The summed E-state index contributed by atoms with van der Waals surface area (Å²) in [4.78, 5) is 29.5. The van der Waals surface area contributed by atoms with Gasteiger partial charge in [0.25, 0.3) is 0 Å². The number of fused-ring (bicyclic) bond motifs is 5. The molecule has 0 saturated carbocycles. The van der Waals surface area contributed by atoms with Gasteiger partial charge in [0.1, 0.15) is 32.2 Å². The molecule has 1 aromatic carbocycles. The second-order valence-corrected chi connectivity index (χ2v) is 21.4. The standard InChI is InChI=1S/C66H94N4O19/c1-9-49-44(2)54-40-58-52(42-71)46(4)53(68-58)39-55-45(3)50(64(69-55)51-38-59(72)63-47(5)56(70-65(51)63)41-57(49)67-54)10-11-62(73)89-43-48-36-60(86-33-30-83-27-24-80-21-18-77-15-12-74-6)66(88-35-32-85-29-26-82-23-20-79-17-14-76-8)61(37-48)87-34-31-84-28-25-81-22-19-78-16-13-75-7/h36-37,39-41,45,50,69,71-72H,9-35,38,42-43H2,1-8H3/t45-,50-/m0/s1. The van der Waals surface area contributed by atoms with Gasteiger partial charge in [-0.15, -0.1) is 0 Å². The fourth-order valence-electron chi connectivity index (χ4n) is 10.6. The molecule has 0 amide bonds. The molecule has 0 unspecified atom stereocenters. The van der Waals surface area contributed by atoms with Gasteiger partial charge in [0.15, 0.2) is 11.5 Å². The zero-order valence-electron chi connectivity index (χ0n) is 53.4. The summed E-state index contributed by atoms with van der Waals surface area (Å²) >= 11 is 0. The van der Waals surface area contributed by atoms with Crippen molar-refractivity contribution in [1.29, 1.82) is 0 Å². The molecule has 492 valence electrons.